The number of thiophene rings is 1. The Morgan fingerprint density at radius 1 is 1.40 bits per heavy atom. The van der Waals surface area contributed by atoms with E-state index in [4.69, 9.17) is 0 Å². The van der Waals surface area contributed by atoms with Crippen LogP contribution in [-0.2, 0) is 16.6 Å². The van der Waals surface area contributed by atoms with E-state index >= 15 is 0 Å². The van der Waals surface area contributed by atoms with Gasteiger partial charge in [-0.2, -0.15) is 24.1 Å². The van der Waals surface area contributed by atoms with Crippen molar-refractivity contribution >= 4 is 21.5 Å². The molecule has 20 heavy (non-hydrogen) atoms. The fourth-order valence-corrected chi connectivity index (χ4v) is 3.54. The van der Waals surface area contributed by atoms with Crippen LogP contribution in [0.4, 0.5) is 0 Å². The van der Waals surface area contributed by atoms with Gasteiger partial charge in [0.05, 0.1) is 0 Å². The molecule has 1 aromatic heterocycles. The van der Waals surface area contributed by atoms with Gasteiger partial charge in [-0.25, -0.2) is 4.72 Å². The van der Waals surface area contributed by atoms with Crippen molar-refractivity contribution in [2.24, 2.45) is 0 Å². The lowest BCUT2D eigenvalue weighted by molar-refractivity contribution is 0.444. The van der Waals surface area contributed by atoms with Crippen molar-refractivity contribution in [2.45, 2.75) is 31.7 Å². The molecule has 0 aromatic carbocycles. The lowest BCUT2D eigenvalue weighted by atomic mass is 10.2. The van der Waals surface area contributed by atoms with Gasteiger partial charge in [-0.15, -0.1) is 0 Å². The van der Waals surface area contributed by atoms with Gasteiger partial charge in [0, 0.05) is 26.2 Å². The molecule has 1 fully saturated rings. The van der Waals surface area contributed by atoms with E-state index in [0.29, 0.717) is 19.1 Å². The first-order valence-electron chi connectivity index (χ1n) is 7.03. The predicted molar refractivity (Wildman–Crippen MR) is 83.2 cm³/mol. The molecule has 1 saturated carbocycles. The van der Waals surface area contributed by atoms with Crippen LogP contribution in [0.15, 0.2) is 16.8 Å². The highest BCUT2D eigenvalue weighted by atomic mass is 32.2. The molecule has 0 unspecified atom stereocenters. The highest BCUT2D eigenvalue weighted by Crippen LogP contribution is 2.18. The van der Waals surface area contributed by atoms with E-state index in [1.54, 1.807) is 18.4 Å². The van der Waals surface area contributed by atoms with Gasteiger partial charge in [0.1, 0.15) is 0 Å². The zero-order valence-electron chi connectivity index (χ0n) is 11.8. The zero-order chi connectivity index (χ0) is 14.4. The number of nitrogens with one attached hydrogen (secondary N) is 2. The molecule has 1 aromatic rings. The zero-order valence-corrected chi connectivity index (χ0v) is 13.5. The summed E-state index contributed by atoms with van der Waals surface area (Å²) >= 11 is 1.63. The van der Waals surface area contributed by atoms with Crippen LogP contribution in [0.2, 0.25) is 0 Å². The summed E-state index contributed by atoms with van der Waals surface area (Å²) in [6, 6.07) is 2.70. The molecule has 2 rings (SSSR count). The smallest absolute Gasteiger partial charge is 0.279 e. The fourth-order valence-electron chi connectivity index (χ4n) is 1.88. The maximum Gasteiger partial charge on any atom is 0.279 e. The average molecular weight is 317 g/mol. The second-order valence-corrected chi connectivity index (χ2v) is 7.83. The number of nitrogens with zero attached hydrogens (tertiary/aromatic N) is 1. The maximum absolute atomic E-state index is 12.0. The fraction of sp³-hybridized carbons (Fsp3) is 0.692. The molecule has 0 aliphatic heterocycles. The van der Waals surface area contributed by atoms with E-state index in [1.165, 1.54) is 22.7 Å². The Labute approximate surface area is 125 Å². The standard InChI is InChI=1S/C13H23N3O2S2/c1-16(9-2-7-14-13-3-4-13)20(17,18)15-8-5-12-6-10-19-11-12/h6,10-11,13-15H,2-5,7-9H2,1H3. The first-order chi connectivity index (χ1) is 9.58. The molecule has 7 heteroatoms. The maximum atomic E-state index is 12.0. The monoisotopic (exact) mass is 317 g/mol. The highest BCUT2D eigenvalue weighted by molar-refractivity contribution is 7.87. The summed E-state index contributed by atoms with van der Waals surface area (Å²) in [7, 11) is -1.71. The van der Waals surface area contributed by atoms with Gasteiger partial charge in [-0.1, -0.05) is 0 Å². The minimum atomic E-state index is -3.34. The summed E-state index contributed by atoms with van der Waals surface area (Å²) < 4.78 is 28.0. The van der Waals surface area contributed by atoms with Gasteiger partial charge >= 0.3 is 0 Å². The molecule has 5 nitrogen and oxygen atoms in total. The lowest BCUT2D eigenvalue weighted by Crippen LogP contribution is -2.40. The third kappa shape index (κ3) is 5.49. The second kappa shape index (κ2) is 7.51. The summed E-state index contributed by atoms with van der Waals surface area (Å²) in [4.78, 5) is 0. The van der Waals surface area contributed by atoms with E-state index in [2.05, 4.69) is 10.0 Å². The van der Waals surface area contributed by atoms with Gasteiger partial charge in [0.15, 0.2) is 0 Å². The van der Waals surface area contributed by atoms with Crippen molar-refractivity contribution in [1.29, 1.82) is 0 Å². The van der Waals surface area contributed by atoms with Crippen molar-refractivity contribution in [2.75, 3.05) is 26.7 Å². The average Bonchev–Trinajstić information content (AvgIpc) is 3.09. The molecule has 0 amide bonds. The van der Waals surface area contributed by atoms with E-state index in [0.717, 1.165) is 19.4 Å². The Balaban J connectivity index is 1.62. The largest absolute Gasteiger partial charge is 0.314 e. The van der Waals surface area contributed by atoms with Gasteiger partial charge in [0.2, 0.25) is 0 Å². The Kier molecular flexibility index (Phi) is 5.98. The number of hydrogen-bond acceptors (Lipinski definition) is 4. The lowest BCUT2D eigenvalue weighted by Gasteiger charge is -2.17. The van der Waals surface area contributed by atoms with E-state index in [-0.39, 0.29) is 0 Å². The molecule has 0 atom stereocenters. The third-order valence-electron chi connectivity index (χ3n) is 3.35. The molecule has 2 N–H and O–H groups in total. The van der Waals surface area contributed by atoms with E-state index in [9.17, 15) is 8.42 Å². The topological polar surface area (TPSA) is 61.4 Å². The summed E-state index contributed by atoms with van der Waals surface area (Å²) in [5.74, 6) is 0. The summed E-state index contributed by atoms with van der Waals surface area (Å²) in [6.07, 6.45) is 4.11. The van der Waals surface area contributed by atoms with Gasteiger partial charge in [0.25, 0.3) is 10.2 Å². The SMILES string of the molecule is CN(CCCNC1CC1)S(=O)(=O)NCCc1ccsc1. The molecular weight excluding hydrogens is 294 g/mol. The summed E-state index contributed by atoms with van der Waals surface area (Å²) in [5.41, 5.74) is 1.17. The minimum absolute atomic E-state index is 0.448. The predicted octanol–water partition coefficient (Wildman–Crippen LogP) is 1.20. The van der Waals surface area contributed by atoms with Crippen molar-refractivity contribution in [3.8, 4) is 0 Å². The first kappa shape index (κ1) is 15.9. The molecule has 1 aliphatic rings. The Bertz CT molecular complexity index is 484. The van der Waals surface area contributed by atoms with Crippen LogP contribution < -0.4 is 10.0 Å². The van der Waals surface area contributed by atoms with Crippen LogP contribution >= 0.6 is 11.3 Å². The Hall–Kier alpha value is -0.470. The summed E-state index contributed by atoms with van der Waals surface area (Å²) in [5, 5.41) is 7.43. The molecule has 0 radical (unpaired) electrons. The number of rotatable bonds is 10. The molecule has 1 heterocycles. The van der Waals surface area contributed by atoms with Crippen molar-refractivity contribution in [3.05, 3.63) is 22.4 Å². The Morgan fingerprint density at radius 2 is 2.20 bits per heavy atom. The summed E-state index contributed by atoms with van der Waals surface area (Å²) in [6.45, 7) is 1.89. The molecule has 0 bridgehead atoms. The molecule has 1 aliphatic carbocycles. The Morgan fingerprint density at radius 3 is 2.85 bits per heavy atom. The molecule has 0 spiro atoms. The minimum Gasteiger partial charge on any atom is -0.314 e. The van der Waals surface area contributed by atoms with E-state index in [1.807, 2.05) is 16.8 Å². The molecular formula is C13H23N3O2S2. The van der Waals surface area contributed by atoms with Crippen LogP contribution in [0, 0.1) is 0 Å². The van der Waals surface area contributed by atoms with Crippen LogP contribution in [0.3, 0.4) is 0 Å². The quantitative estimate of drug-likeness (QED) is 0.638. The highest BCUT2D eigenvalue weighted by Gasteiger charge is 2.20. The van der Waals surface area contributed by atoms with E-state index < -0.39 is 10.2 Å². The van der Waals surface area contributed by atoms with Crippen LogP contribution in [-0.4, -0.2) is 45.4 Å². The van der Waals surface area contributed by atoms with Crippen molar-refractivity contribution in [3.63, 3.8) is 0 Å². The van der Waals surface area contributed by atoms with Crippen molar-refractivity contribution < 1.29 is 8.42 Å². The van der Waals surface area contributed by atoms with Gasteiger partial charge < -0.3 is 5.32 Å². The first-order valence-corrected chi connectivity index (χ1v) is 9.41. The molecule has 114 valence electrons. The second-order valence-electron chi connectivity index (χ2n) is 5.18. The van der Waals surface area contributed by atoms with Crippen molar-refractivity contribution in [1.82, 2.24) is 14.3 Å². The third-order valence-corrected chi connectivity index (χ3v) is 5.65. The van der Waals surface area contributed by atoms with Crippen LogP contribution in [0.25, 0.3) is 0 Å². The van der Waals surface area contributed by atoms with Gasteiger partial charge in [-0.05, 0) is 54.6 Å². The molecule has 0 saturated heterocycles. The normalized spacial score (nSPS) is 15.9. The van der Waals surface area contributed by atoms with Gasteiger partial charge in [-0.3, -0.25) is 0 Å². The number of hydrogen-bond donors (Lipinski definition) is 2. The van der Waals surface area contributed by atoms with Crippen LogP contribution in [0.5, 0.6) is 0 Å². The van der Waals surface area contributed by atoms with Crippen LogP contribution in [0.1, 0.15) is 24.8 Å².